The highest BCUT2D eigenvalue weighted by Crippen LogP contribution is 2.36. The Labute approximate surface area is 108 Å². The van der Waals surface area contributed by atoms with Crippen LogP contribution in [0.15, 0.2) is 0 Å². The Morgan fingerprint density at radius 3 is 2.53 bits per heavy atom. The minimum Gasteiger partial charge on any atom is -0.373 e. The van der Waals surface area contributed by atoms with Crippen LogP contribution in [0.5, 0.6) is 0 Å². The maximum absolute atomic E-state index is 6.22. The first-order chi connectivity index (χ1) is 7.93. The number of aromatic nitrogens is 2. The van der Waals surface area contributed by atoms with Crippen LogP contribution >= 0.6 is 11.6 Å². The van der Waals surface area contributed by atoms with Gasteiger partial charge in [0.15, 0.2) is 5.82 Å². The normalized spacial score (nSPS) is 17.0. The van der Waals surface area contributed by atoms with Crippen molar-refractivity contribution >= 4 is 11.6 Å². The van der Waals surface area contributed by atoms with Crippen molar-refractivity contribution in [2.75, 3.05) is 7.11 Å². The molecule has 94 valence electrons. The number of methoxy groups -OCH3 is 1. The van der Waals surface area contributed by atoms with Crippen molar-refractivity contribution < 1.29 is 4.74 Å². The molecule has 17 heavy (non-hydrogen) atoms. The lowest BCUT2D eigenvalue weighted by molar-refractivity contribution is 0.00852. The van der Waals surface area contributed by atoms with Crippen LogP contribution in [0.1, 0.15) is 50.4 Å². The SMILES string of the molecule is COC(c1nc(Cl)c2c(n1)CCC2)C(C)(C)C. The van der Waals surface area contributed by atoms with Crippen LogP contribution in [-0.2, 0) is 17.6 Å². The van der Waals surface area contributed by atoms with Gasteiger partial charge in [-0.2, -0.15) is 0 Å². The van der Waals surface area contributed by atoms with Crippen molar-refractivity contribution in [3.8, 4) is 0 Å². The van der Waals surface area contributed by atoms with Gasteiger partial charge in [0.1, 0.15) is 11.3 Å². The fourth-order valence-corrected chi connectivity index (χ4v) is 2.66. The van der Waals surface area contributed by atoms with Gasteiger partial charge in [-0.3, -0.25) is 0 Å². The van der Waals surface area contributed by atoms with E-state index < -0.39 is 0 Å². The minimum atomic E-state index is -0.120. The third kappa shape index (κ3) is 2.45. The van der Waals surface area contributed by atoms with E-state index in [2.05, 4.69) is 30.7 Å². The van der Waals surface area contributed by atoms with Gasteiger partial charge in [0.05, 0.1) is 0 Å². The van der Waals surface area contributed by atoms with Crippen LogP contribution in [-0.4, -0.2) is 17.1 Å². The third-order valence-corrected chi connectivity index (χ3v) is 3.47. The summed E-state index contributed by atoms with van der Waals surface area (Å²) in [4.78, 5) is 9.04. The molecule has 0 aliphatic heterocycles. The van der Waals surface area contributed by atoms with Crippen molar-refractivity contribution in [3.05, 3.63) is 22.2 Å². The zero-order chi connectivity index (χ0) is 12.6. The number of hydrogen-bond donors (Lipinski definition) is 0. The number of hydrogen-bond acceptors (Lipinski definition) is 3. The van der Waals surface area contributed by atoms with Crippen LogP contribution in [0.3, 0.4) is 0 Å². The van der Waals surface area contributed by atoms with Crippen LogP contribution in [0, 0.1) is 5.41 Å². The van der Waals surface area contributed by atoms with Gasteiger partial charge in [0.25, 0.3) is 0 Å². The number of nitrogens with zero attached hydrogens (tertiary/aromatic N) is 2. The summed E-state index contributed by atoms with van der Waals surface area (Å²) in [6.07, 6.45) is 3.01. The number of halogens is 1. The number of aryl methyl sites for hydroxylation is 1. The molecule has 1 unspecified atom stereocenters. The van der Waals surface area contributed by atoms with E-state index in [0.717, 1.165) is 30.5 Å². The molecule has 0 saturated heterocycles. The van der Waals surface area contributed by atoms with Crippen LogP contribution < -0.4 is 0 Å². The Morgan fingerprint density at radius 1 is 1.24 bits per heavy atom. The van der Waals surface area contributed by atoms with E-state index in [9.17, 15) is 0 Å². The summed E-state index contributed by atoms with van der Waals surface area (Å²) in [5.74, 6) is 0.714. The van der Waals surface area contributed by atoms with Crippen molar-refractivity contribution in [1.29, 1.82) is 0 Å². The first-order valence-electron chi connectivity index (χ1n) is 6.01. The highest BCUT2D eigenvalue weighted by molar-refractivity contribution is 6.30. The lowest BCUT2D eigenvalue weighted by Gasteiger charge is -2.28. The third-order valence-electron chi connectivity index (χ3n) is 3.16. The summed E-state index contributed by atoms with van der Waals surface area (Å²) in [6.45, 7) is 6.35. The first-order valence-corrected chi connectivity index (χ1v) is 6.39. The molecule has 0 bridgehead atoms. The van der Waals surface area contributed by atoms with Gasteiger partial charge in [0.2, 0.25) is 0 Å². The molecule has 3 nitrogen and oxygen atoms in total. The summed E-state index contributed by atoms with van der Waals surface area (Å²) in [5, 5.41) is 0.605. The van der Waals surface area contributed by atoms with E-state index in [1.807, 2.05) is 0 Å². The smallest absolute Gasteiger partial charge is 0.159 e. The van der Waals surface area contributed by atoms with Gasteiger partial charge in [-0.05, 0) is 24.7 Å². The molecule has 0 saturated carbocycles. The molecule has 0 aromatic carbocycles. The van der Waals surface area contributed by atoms with Crippen LogP contribution in [0.25, 0.3) is 0 Å². The van der Waals surface area contributed by atoms with E-state index in [-0.39, 0.29) is 11.5 Å². The monoisotopic (exact) mass is 254 g/mol. The topological polar surface area (TPSA) is 35.0 Å². The zero-order valence-electron chi connectivity index (χ0n) is 10.9. The summed E-state index contributed by atoms with van der Waals surface area (Å²) < 4.78 is 5.53. The number of fused-ring (bicyclic) bond motifs is 1. The Balaban J connectivity index is 2.43. The van der Waals surface area contributed by atoms with E-state index in [1.54, 1.807) is 7.11 Å². The fraction of sp³-hybridized carbons (Fsp3) is 0.692. The summed E-state index contributed by atoms with van der Waals surface area (Å²) in [6, 6.07) is 0. The molecule has 0 spiro atoms. The fourth-order valence-electron chi connectivity index (χ4n) is 2.37. The van der Waals surface area contributed by atoms with Crippen LogP contribution in [0.2, 0.25) is 5.15 Å². The molecule has 4 heteroatoms. The highest BCUT2D eigenvalue weighted by atomic mass is 35.5. The molecule has 1 aromatic rings. The van der Waals surface area contributed by atoms with E-state index in [4.69, 9.17) is 16.3 Å². The first kappa shape index (κ1) is 12.8. The largest absolute Gasteiger partial charge is 0.373 e. The number of ether oxygens (including phenoxy) is 1. The predicted molar refractivity (Wildman–Crippen MR) is 68.3 cm³/mol. The van der Waals surface area contributed by atoms with Crippen molar-refractivity contribution in [2.45, 2.75) is 46.1 Å². The zero-order valence-corrected chi connectivity index (χ0v) is 11.6. The second-order valence-electron chi connectivity index (χ2n) is 5.63. The molecule has 1 atom stereocenters. The molecule has 1 aliphatic rings. The Bertz CT molecular complexity index is 426. The molecule has 1 aliphatic carbocycles. The maximum Gasteiger partial charge on any atom is 0.159 e. The second kappa shape index (κ2) is 4.54. The van der Waals surface area contributed by atoms with Crippen molar-refractivity contribution in [2.24, 2.45) is 5.41 Å². The lowest BCUT2D eigenvalue weighted by atomic mass is 9.88. The van der Waals surface area contributed by atoms with E-state index in [1.165, 1.54) is 0 Å². The predicted octanol–water partition coefficient (Wildman–Crippen LogP) is 3.35. The summed E-state index contributed by atoms with van der Waals surface area (Å²) in [7, 11) is 1.69. The molecule has 2 rings (SSSR count). The highest BCUT2D eigenvalue weighted by Gasteiger charge is 2.30. The lowest BCUT2D eigenvalue weighted by Crippen LogP contribution is -2.23. The summed E-state index contributed by atoms with van der Waals surface area (Å²) in [5.41, 5.74) is 2.19. The molecule has 1 heterocycles. The molecule has 0 radical (unpaired) electrons. The average Bonchev–Trinajstić information content (AvgIpc) is 2.64. The van der Waals surface area contributed by atoms with Gasteiger partial charge in [-0.15, -0.1) is 0 Å². The maximum atomic E-state index is 6.22. The van der Waals surface area contributed by atoms with Gasteiger partial charge >= 0.3 is 0 Å². The van der Waals surface area contributed by atoms with E-state index in [0.29, 0.717) is 11.0 Å². The molecule has 0 fully saturated rings. The Hall–Kier alpha value is -0.670. The molecule has 0 N–H and O–H groups in total. The van der Waals surface area contributed by atoms with Gasteiger partial charge in [-0.1, -0.05) is 32.4 Å². The standard InChI is InChI=1S/C13H19ClN2O/c1-13(2,3)10(17-4)12-15-9-7-5-6-8(9)11(14)16-12/h10H,5-7H2,1-4H3. The van der Waals surface area contributed by atoms with Crippen molar-refractivity contribution in [3.63, 3.8) is 0 Å². The average molecular weight is 255 g/mol. The minimum absolute atomic E-state index is 0.0368. The molecular weight excluding hydrogens is 236 g/mol. The van der Waals surface area contributed by atoms with Gasteiger partial charge in [-0.25, -0.2) is 9.97 Å². The van der Waals surface area contributed by atoms with Gasteiger partial charge < -0.3 is 4.74 Å². The molecule has 1 aromatic heterocycles. The van der Waals surface area contributed by atoms with Crippen molar-refractivity contribution in [1.82, 2.24) is 9.97 Å². The van der Waals surface area contributed by atoms with E-state index >= 15 is 0 Å². The quantitative estimate of drug-likeness (QED) is 0.760. The Kier molecular flexibility index (Phi) is 3.41. The van der Waals surface area contributed by atoms with Crippen LogP contribution in [0.4, 0.5) is 0 Å². The number of rotatable bonds is 2. The molecule has 0 amide bonds. The summed E-state index contributed by atoms with van der Waals surface area (Å²) >= 11 is 6.22. The second-order valence-corrected chi connectivity index (χ2v) is 5.99. The van der Waals surface area contributed by atoms with Gasteiger partial charge in [0, 0.05) is 18.4 Å². The molecular formula is C13H19ClN2O. The Morgan fingerprint density at radius 2 is 1.94 bits per heavy atom.